The molecule has 76 valence electrons. The van der Waals surface area contributed by atoms with E-state index in [1.54, 1.807) is 0 Å². The number of anilines is 1. The number of aliphatic hydroxyl groups excluding tert-OH is 1. The van der Waals surface area contributed by atoms with E-state index in [4.69, 9.17) is 5.11 Å². The Morgan fingerprint density at radius 2 is 2.29 bits per heavy atom. The van der Waals surface area contributed by atoms with Crippen LogP contribution in [-0.2, 0) is 6.42 Å². The van der Waals surface area contributed by atoms with Gasteiger partial charge in [-0.2, -0.15) is 0 Å². The third-order valence-electron chi connectivity index (χ3n) is 2.63. The zero-order valence-electron chi connectivity index (χ0n) is 8.04. The van der Waals surface area contributed by atoms with E-state index in [0.717, 1.165) is 24.0 Å². The van der Waals surface area contributed by atoms with Crippen LogP contribution in [0.1, 0.15) is 12.0 Å². The minimum Gasteiger partial charge on any atom is -0.395 e. The molecule has 1 N–H and O–H groups in total. The summed E-state index contributed by atoms with van der Waals surface area (Å²) in [6.45, 7) is 2.04. The van der Waals surface area contributed by atoms with E-state index in [1.807, 2.05) is 0 Å². The summed E-state index contributed by atoms with van der Waals surface area (Å²) in [6.07, 6.45) is 2.33. The van der Waals surface area contributed by atoms with Crippen molar-refractivity contribution in [3.05, 3.63) is 28.2 Å². The molecule has 0 spiro atoms. The van der Waals surface area contributed by atoms with Crippen LogP contribution in [-0.4, -0.2) is 24.8 Å². The average Bonchev–Trinajstić information content (AvgIpc) is 2.18. The molecule has 0 radical (unpaired) electrons. The van der Waals surface area contributed by atoms with Gasteiger partial charge in [-0.3, -0.25) is 0 Å². The fraction of sp³-hybridized carbons (Fsp3) is 0.455. The first-order chi connectivity index (χ1) is 6.81. The van der Waals surface area contributed by atoms with Gasteiger partial charge in [-0.05, 0) is 36.6 Å². The third kappa shape index (κ3) is 1.93. The van der Waals surface area contributed by atoms with Gasteiger partial charge >= 0.3 is 0 Å². The van der Waals surface area contributed by atoms with Crippen LogP contribution < -0.4 is 4.90 Å². The first kappa shape index (κ1) is 9.99. The number of nitrogens with zero attached hydrogens (tertiary/aromatic N) is 1. The topological polar surface area (TPSA) is 23.5 Å². The predicted molar refractivity (Wildman–Crippen MR) is 61.8 cm³/mol. The maximum atomic E-state index is 8.95. The number of hydrogen-bond acceptors (Lipinski definition) is 2. The number of hydrogen-bond donors (Lipinski definition) is 1. The zero-order valence-corrected chi connectivity index (χ0v) is 9.63. The molecular weight excluding hydrogens is 242 g/mol. The minimum atomic E-state index is 0.232. The van der Waals surface area contributed by atoms with Crippen LogP contribution >= 0.6 is 15.9 Å². The van der Waals surface area contributed by atoms with Gasteiger partial charge in [0.05, 0.1) is 6.61 Å². The molecular formula is C11H14BrNO. The predicted octanol–water partition coefficient (Wildman–Crippen LogP) is 2.19. The van der Waals surface area contributed by atoms with Crippen molar-refractivity contribution in [3.8, 4) is 0 Å². The molecule has 0 bridgehead atoms. The lowest BCUT2D eigenvalue weighted by Gasteiger charge is -2.30. The molecule has 0 fully saturated rings. The van der Waals surface area contributed by atoms with Crippen LogP contribution in [0.25, 0.3) is 0 Å². The first-order valence-electron chi connectivity index (χ1n) is 4.95. The average molecular weight is 256 g/mol. The SMILES string of the molecule is OCCN1CCCc2cc(Br)ccc21. The lowest BCUT2D eigenvalue weighted by atomic mass is 10.0. The van der Waals surface area contributed by atoms with Gasteiger partial charge in [-0.15, -0.1) is 0 Å². The van der Waals surface area contributed by atoms with E-state index in [2.05, 4.69) is 39.0 Å². The van der Waals surface area contributed by atoms with Crippen molar-refractivity contribution in [2.75, 3.05) is 24.6 Å². The van der Waals surface area contributed by atoms with E-state index in [9.17, 15) is 0 Å². The number of aryl methyl sites for hydroxylation is 1. The summed E-state index contributed by atoms with van der Waals surface area (Å²) in [5, 5.41) is 8.95. The molecule has 14 heavy (non-hydrogen) atoms. The molecule has 2 rings (SSSR count). The van der Waals surface area contributed by atoms with Crippen molar-refractivity contribution in [2.24, 2.45) is 0 Å². The van der Waals surface area contributed by atoms with Crippen molar-refractivity contribution in [2.45, 2.75) is 12.8 Å². The second-order valence-electron chi connectivity index (χ2n) is 3.59. The van der Waals surface area contributed by atoms with Gasteiger partial charge in [0.2, 0.25) is 0 Å². The summed E-state index contributed by atoms with van der Waals surface area (Å²) < 4.78 is 1.14. The Morgan fingerprint density at radius 3 is 3.07 bits per heavy atom. The Labute approximate surface area is 92.7 Å². The summed E-state index contributed by atoms with van der Waals surface area (Å²) in [6, 6.07) is 6.38. The van der Waals surface area contributed by atoms with Crippen LogP contribution in [0.4, 0.5) is 5.69 Å². The Balaban J connectivity index is 2.30. The van der Waals surface area contributed by atoms with Gasteiger partial charge < -0.3 is 10.0 Å². The van der Waals surface area contributed by atoms with Crippen molar-refractivity contribution >= 4 is 21.6 Å². The Kier molecular flexibility index (Phi) is 3.08. The maximum Gasteiger partial charge on any atom is 0.0606 e. The van der Waals surface area contributed by atoms with Crippen LogP contribution in [0.3, 0.4) is 0 Å². The lowest BCUT2D eigenvalue weighted by molar-refractivity contribution is 0.301. The van der Waals surface area contributed by atoms with E-state index in [0.29, 0.717) is 0 Å². The molecule has 1 aliphatic heterocycles. The van der Waals surface area contributed by atoms with Gasteiger partial charge in [0.15, 0.2) is 0 Å². The molecule has 3 heteroatoms. The van der Waals surface area contributed by atoms with Crippen LogP contribution in [0.5, 0.6) is 0 Å². The largest absolute Gasteiger partial charge is 0.395 e. The number of aliphatic hydroxyl groups is 1. The van der Waals surface area contributed by atoms with E-state index >= 15 is 0 Å². The maximum absolute atomic E-state index is 8.95. The van der Waals surface area contributed by atoms with E-state index in [1.165, 1.54) is 17.7 Å². The lowest BCUT2D eigenvalue weighted by Crippen LogP contribution is -2.31. The van der Waals surface area contributed by atoms with Crippen LogP contribution in [0.15, 0.2) is 22.7 Å². The molecule has 0 aliphatic carbocycles. The molecule has 0 saturated heterocycles. The normalized spacial score (nSPS) is 15.4. The first-order valence-corrected chi connectivity index (χ1v) is 5.75. The monoisotopic (exact) mass is 255 g/mol. The zero-order chi connectivity index (χ0) is 9.97. The molecule has 1 aliphatic rings. The summed E-state index contributed by atoms with van der Waals surface area (Å²) >= 11 is 3.48. The fourth-order valence-electron chi connectivity index (χ4n) is 2.00. The second kappa shape index (κ2) is 4.32. The molecule has 1 heterocycles. The smallest absolute Gasteiger partial charge is 0.0606 e. The number of β-amino-alcohol motifs (C(OH)–C–C–N with tert-alkyl or cyclic N) is 1. The van der Waals surface area contributed by atoms with Gasteiger partial charge in [0, 0.05) is 23.2 Å². The van der Waals surface area contributed by atoms with Crippen molar-refractivity contribution in [3.63, 3.8) is 0 Å². The number of benzene rings is 1. The highest BCUT2D eigenvalue weighted by atomic mass is 79.9. The molecule has 0 saturated carbocycles. The summed E-state index contributed by atoms with van der Waals surface area (Å²) in [4.78, 5) is 2.26. The van der Waals surface area contributed by atoms with Crippen molar-refractivity contribution < 1.29 is 5.11 Å². The van der Waals surface area contributed by atoms with Crippen molar-refractivity contribution in [1.29, 1.82) is 0 Å². The molecule has 0 aromatic heterocycles. The van der Waals surface area contributed by atoms with Gasteiger partial charge in [-0.1, -0.05) is 15.9 Å². The van der Waals surface area contributed by atoms with Gasteiger partial charge in [-0.25, -0.2) is 0 Å². The summed E-state index contributed by atoms with van der Waals surface area (Å²) in [7, 11) is 0. The molecule has 0 amide bonds. The Bertz CT molecular complexity index is 327. The van der Waals surface area contributed by atoms with Crippen molar-refractivity contribution in [1.82, 2.24) is 0 Å². The highest BCUT2D eigenvalue weighted by Gasteiger charge is 2.15. The summed E-state index contributed by atoms with van der Waals surface area (Å²) in [5.74, 6) is 0. The van der Waals surface area contributed by atoms with E-state index < -0.39 is 0 Å². The Hall–Kier alpha value is -0.540. The standard InChI is InChI=1S/C11H14BrNO/c12-10-3-4-11-9(8-10)2-1-5-13(11)6-7-14/h3-4,8,14H,1-2,5-7H2. The molecule has 0 atom stereocenters. The molecule has 1 aromatic rings. The highest BCUT2D eigenvalue weighted by molar-refractivity contribution is 9.10. The van der Waals surface area contributed by atoms with E-state index in [-0.39, 0.29) is 6.61 Å². The number of halogens is 1. The van der Waals surface area contributed by atoms with Crippen LogP contribution in [0, 0.1) is 0 Å². The number of fused-ring (bicyclic) bond motifs is 1. The fourth-order valence-corrected chi connectivity index (χ4v) is 2.41. The second-order valence-corrected chi connectivity index (χ2v) is 4.50. The molecule has 1 aromatic carbocycles. The highest BCUT2D eigenvalue weighted by Crippen LogP contribution is 2.29. The molecule has 2 nitrogen and oxygen atoms in total. The van der Waals surface area contributed by atoms with Crippen LogP contribution in [0.2, 0.25) is 0 Å². The van der Waals surface area contributed by atoms with Gasteiger partial charge in [0.1, 0.15) is 0 Å². The van der Waals surface area contributed by atoms with Gasteiger partial charge in [0.25, 0.3) is 0 Å². The quantitative estimate of drug-likeness (QED) is 0.876. The molecule has 0 unspecified atom stereocenters. The minimum absolute atomic E-state index is 0.232. The summed E-state index contributed by atoms with van der Waals surface area (Å²) in [5.41, 5.74) is 2.67. The number of rotatable bonds is 2. The Morgan fingerprint density at radius 1 is 1.43 bits per heavy atom. The third-order valence-corrected chi connectivity index (χ3v) is 3.12.